The van der Waals surface area contributed by atoms with Gasteiger partial charge < -0.3 is 4.57 Å². The summed E-state index contributed by atoms with van der Waals surface area (Å²) in [6, 6.07) is 69.6. The molecule has 6 aromatic heterocycles. The van der Waals surface area contributed by atoms with Gasteiger partial charge in [-0.15, -0.1) is 11.3 Å². The molecule has 0 saturated heterocycles. The minimum Gasteiger partial charge on any atom is -0.309 e. The van der Waals surface area contributed by atoms with Crippen LogP contribution in [0.5, 0.6) is 0 Å². The third-order valence-electron chi connectivity index (χ3n) is 12.6. The molecule has 6 heterocycles. The maximum absolute atomic E-state index is 5.42. The second-order valence-electron chi connectivity index (χ2n) is 16.7. The van der Waals surface area contributed by atoms with E-state index in [0.717, 1.165) is 93.7 Å². The Morgan fingerprint density at radius 2 is 0.912 bits per heavy atom. The van der Waals surface area contributed by atoms with Crippen molar-refractivity contribution in [2.24, 2.45) is 0 Å². The van der Waals surface area contributed by atoms with Gasteiger partial charge in [-0.2, -0.15) is 0 Å². The van der Waals surface area contributed by atoms with Gasteiger partial charge in [0.25, 0.3) is 0 Å². The van der Waals surface area contributed by atoms with E-state index in [9.17, 15) is 0 Å². The molecule has 0 aliphatic rings. The highest BCUT2D eigenvalue weighted by Crippen LogP contribution is 2.50. The van der Waals surface area contributed by atoms with Crippen LogP contribution in [0.4, 0.5) is 0 Å². The molecule has 0 saturated carbocycles. The maximum atomic E-state index is 5.42. The summed E-state index contributed by atoms with van der Waals surface area (Å²) in [7, 11) is 0. The summed E-state index contributed by atoms with van der Waals surface area (Å²) in [4.78, 5) is 31.0. The van der Waals surface area contributed by atoms with Crippen LogP contribution in [0.3, 0.4) is 0 Å². The number of rotatable bonds is 8. The third kappa shape index (κ3) is 6.82. The van der Waals surface area contributed by atoms with Gasteiger partial charge in [-0.25, -0.2) is 19.9 Å². The zero-order chi connectivity index (χ0) is 45.0. The quantitative estimate of drug-likeness (QED) is 0.151. The Labute approximate surface area is 395 Å². The molecule has 0 aliphatic heterocycles. The first-order chi connectivity index (χ1) is 33.7. The van der Waals surface area contributed by atoms with Crippen molar-refractivity contribution in [3.8, 4) is 83.8 Å². The van der Waals surface area contributed by atoms with Gasteiger partial charge in [0.15, 0.2) is 17.5 Å². The lowest BCUT2D eigenvalue weighted by atomic mass is 9.95. The molecule has 0 radical (unpaired) electrons. The summed E-state index contributed by atoms with van der Waals surface area (Å²) in [5.41, 5.74) is 14.4. The lowest BCUT2D eigenvalue weighted by Gasteiger charge is -2.12. The largest absolute Gasteiger partial charge is 0.309 e. The number of pyridine rings is 3. The van der Waals surface area contributed by atoms with E-state index in [1.54, 1.807) is 11.3 Å². The number of nitrogens with zero attached hydrogens (tertiary/aromatic N) is 7. The zero-order valence-corrected chi connectivity index (χ0v) is 37.2. The number of para-hydroxylation sites is 2. The molecule has 7 nitrogen and oxygen atoms in total. The summed E-state index contributed by atoms with van der Waals surface area (Å²) in [6.07, 6.45) is 7.53. The third-order valence-corrected chi connectivity index (χ3v) is 13.9. The lowest BCUT2D eigenvalue weighted by Crippen LogP contribution is -2.01. The molecule has 68 heavy (non-hydrogen) atoms. The molecule has 0 fully saturated rings. The van der Waals surface area contributed by atoms with Crippen LogP contribution in [-0.2, 0) is 0 Å². The predicted molar refractivity (Wildman–Crippen MR) is 278 cm³/mol. The van der Waals surface area contributed by atoms with Gasteiger partial charge in [-0.3, -0.25) is 9.97 Å². The Morgan fingerprint density at radius 1 is 0.368 bits per heavy atom. The standard InChI is InChI=1S/C60H37N7S/c1-3-14-39(15-4-1)55-54-53(44-19-12-32-61-36-44)56(45-20-13-33-62-37-45)68-57(54)49-35-42(30-31-50(49)63-55)38-26-28-41(29-27-38)59-64-58(40-16-5-2-6-17-40)65-60(66-59)43-18-11-21-46(34-43)67-51-24-9-7-22-47(51)48-23-8-10-25-52(48)67/h1-37H. The van der Waals surface area contributed by atoms with E-state index in [4.69, 9.17) is 19.9 Å². The summed E-state index contributed by atoms with van der Waals surface area (Å²) in [6.45, 7) is 0. The first-order valence-corrected chi connectivity index (χ1v) is 23.3. The van der Waals surface area contributed by atoms with E-state index < -0.39 is 0 Å². The molecular formula is C60H37N7S. The van der Waals surface area contributed by atoms with Crippen molar-refractivity contribution >= 4 is 54.1 Å². The molecule has 0 bridgehead atoms. The number of hydrogen-bond donors (Lipinski definition) is 0. The molecule has 13 aromatic rings. The van der Waals surface area contributed by atoms with Gasteiger partial charge in [0.05, 0.1) is 22.2 Å². The Hall–Kier alpha value is -8.98. The molecule has 13 rings (SSSR count). The van der Waals surface area contributed by atoms with Crippen LogP contribution in [0.15, 0.2) is 225 Å². The highest BCUT2D eigenvalue weighted by atomic mass is 32.1. The zero-order valence-electron chi connectivity index (χ0n) is 36.4. The van der Waals surface area contributed by atoms with Gasteiger partial charge in [-0.05, 0) is 59.7 Å². The van der Waals surface area contributed by atoms with Crippen LogP contribution in [0.25, 0.3) is 127 Å². The van der Waals surface area contributed by atoms with Crippen LogP contribution in [-0.4, -0.2) is 34.5 Å². The average molecular weight is 888 g/mol. The van der Waals surface area contributed by atoms with Crippen molar-refractivity contribution in [1.29, 1.82) is 0 Å². The first-order valence-electron chi connectivity index (χ1n) is 22.5. The van der Waals surface area contributed by atoms with Crippen molar-refractivity contribution in [3.05, 3.63) is 225 Å². The second kappa shape index (κ2) is 16.5. The van der Waals surface area contributed by atoms with Gasteiger partial charge in [0, 0.05) is 101 Å². The molecule has 0 aliphatic carbocycles. The number of thiophene rings is 1. The van der Waals surface area contributed by atoms with Crippen LogP contribution in [0, 0.1) is 0 Å². The van der Waals surface area contributed by atoms with Gasteiger partial charge >= 0.3 is 0 Å². The van der Waals surface area contributed by atoms with Crippen molar-refractivity contribution in [2.75, 3.05) is 0 Å². The smallest absolute Gasteiger partial charge is 0.164 e. The summed E-state index contributed by atoms with van der Waals surface area (Å²) in [5.74, 6) is 1.82. The van der Waals surface area contributed by atoms with E-state index in [0.29, 0.717) is 17.5 Å². The fourth-order valence-corrected chi connectivity index (χ4v) is 10.8. The average Bonchev–Trinajstić information content (AvgIpc) is 3.99. The van der Waals surface area contributed by atoms with Crippen molar-refractivity contribution in [1.82, 2.24) is 34.5 Å². The summed E-state index contributed by atoms with van der Waals surface area (Å²) >= 11 is 1.78. The van der Waals surface area contributed by atoms with E-state index in [1.807, 2.05) is 73.3 Å². The number of fused-ring (bicyclic) bond motifs is 6. The molecule has 0 atom stereocenters. The number of hydrogen-bond acceptors (Lipinski definition) is 7. The second-order valence-corrected chi connectivity index (χ2v) is 17.7. The monoisotopic (exact) mass is 887 g/mol. The lowest BCUT2D eigenvalue weighted by molar-refractivity contribution is 1.07. The van der Waals surface area contributed by atoms with Crippen molar-refractivity contribution in [2.45, 2.75) is 0 Å². The molecule has 0 spiro atoms. The molecule has 0 unspecified atom stereocenters. The molecule has 8 heteroatoms. The van der Waals surface area contributed by atoms with Crippen LogP contribution >= 0.6 is 11.3 Å². The molecule has 0 amide bonds. The van der Waals surface area contributed by atoms with Gasteiger partial charge in [0.1, 0.15) is 0 Å². The molecule has 318 valence electrons. The number of benzene rings is 7. The van der Waals surface area contributed by atoms with E-state index in [2.05, 4.69) is 166 Å². The van der Waals surface area contributed by atoms with E-state index in [-0.39, 0.29) is 0 Å². The Bertz CT molecular complexity index is 3950. The van der Waals surface area contributed by atoms with Crippen molar-refractivity contribution < 1.29 is 0 Å². The minimum absolute atomic E-state index is 0.602. The SMILES string of the molecule is c1ccc(-c2nc(-c3ccc(-c4ccc5nc(-c6ccccc6)c6c(-c7cccnc7)c(-c7cccnc7)sc6c5c4)cc3)nc(-c3cccc(-n4c5ccccc5c5ccccc54)c3)n2)cc1. The highest BCUT2D eigenvalue weighted by Gasteiger charge is 2.23. The number of aromatic nitrogens is 7. The van der Waals surface area contributed by atoms with Gasteiger partial charge in [0.2, 0.25) is 0 Å². The summed E-state index contributed by atoms with van der Waals surface area (Å²) in [5, 5.41) is 4.62. The summed E-state index contributed by atoms with van der Waals surface area (Å²) < 4.78 is 3.49. The van der Waals surface area contributed by atoms with Crippen LogP contribution < -0.4 is 0 Å². The topological polar surface area (TPSA) is 82.3 Å². The highest BCUT2D eigenvalue weighted by molar-refractivity contribution is 7.24. The molecule has 0 N–H and O–H groups in total. The molecule has 7 aromatic carbocycles. The van der Waals surface area contributed by atoms with Crippen LogP contribution in [0.1, 0.15) is 0 Å². The minimum atomic E-state index is 0.602. The van der Waals surface area contributed by atoms with E-state index in [1.165, 1.54) is 15.5 Å². The Kier molecular flexibility index (Phi) is 9.54. The van der Waals surface area contributed by atoms with Crippen LogP contribution in [0.2, 0.25) is 0 Å². The first kappa shape index (κ1) is 39.4. The normalized spacial score (nSPS) is 11.5. The van der Waals surface area contributed by atoms with E-state index >= 15 is 0 Å². The van der Waals surface area contributed by atoms with Crippen molar-refractivity contribution in [3.63, 3.8) is 0 Å². The fourth-order valence-electron chi connectivity index (χ4n) is 9.46. The predicted octanol–water partition coefficient (Wildman–Crippen LogP) is 15.2. The fraction of sp³-hybridized carbons (Fsp3) is 0. The maximum Gasteiger partial charge on any atom is 0.164 e. The molecular weight excluding hydrogens is 851 g/mol. The Morgan fingerprint density at radius 3 is 1.57 bits per heavy atom. The Balaban J connectivity index is 0.930. The van der Waals surface area contributed by atoms with Gasteiger partial charge in [-0.1, -0.05) is 152 Å².